The second kappa shape index (κ2) is 3.58. The van der Waals surface area contributed by atoms with Crippen molar-refractivity contribution in [2.24, 2.45) is 0 Å². The first-order valence-corrected chi connectivity index (χ1v) is 5.57. The molecular formula is C13H16N2O2. The molecule has 0 saturated carbocycles. The Hall–Kier alpha value is -1.84. The lowest BCUT2D eigenvalue weighted by atomic mass is 10.1. The minimum Gasteiger partial charge on any atom is -0.307 e. The Morgan fingerprint density at radius 3 is 2.41 bits per heavy atom. The van der Waals surface area contributed by atoms with Crippen molar-refractivity contribution in [1.82, 2.24) is 9.55 Å². The summed E-state index contributed by atoms with van der Waals surface area (Å²) in [5.41, 5.74) is 0.467. The molecule has 0 aliphatic carbocycles. The zero-order valence-corrected chi connectivity index (χ0v) is 10.5. The van der Waals surface area contributed by atoms with Gasteiger partial charge in [-0.05, 0) is 39.8 Å². The van der Waals surface area contributed by atoms with E-state index in [9.17, 15) is 9.59 Å². The van der Waals surface area contributed by atoms with Gasteiger partial charge in [0, 0.05) is 5.54 Å². The second-order valence-corrected chi connectivity index (χ2v) is 5.29. The first-order valence-electron chi connectivity index (χ1n) is 5.57. The van der Waals surface area contributed by atoms with E-state index in [0.717, 1.165) is 5.56 Å². The molecule has 0 saturated heterocycles. The summed E-state index contributed by atoms with van der Waals surface area (Å²) in [5.74, 6) is 0. The van der Waals surface area contributed by atoms with Crippen molar-refractivity contribution in [1.29, 1.82) is 0 Å². The van der Waals surface area contributed by atoms with Crippen LogP contribution in [0.3, 0.4) is 0 Å². The monoisotopic (exact) mass is 232 g/mol. The highest BCUT2D eigenvalue weighted by molar-refractivity contribution is 5.77. The van der Waals surface area contributed by atoms with Gasteiger partial charge in [0.1, 0.15) is 0 Å². The number of nitrogens with one attached hydrogen (secondary N) is 1. The largest absolute Gasteiger partial charge is 0.329 e. The number of benzene rings is 1. The summed E-state index contributed by atoms with van der Waals surface area (Å²) in [6.07, 6.45) is 0. The fraction of sp³-hybridized carbons (Fsp3) is 0.385. The first-order chi connectivity index (χ1) is 7.80. The summed E-state index contributed by atoms with van der Waals surface area (Å²) in [7, 11) is 0. The molecule has 4 nitrogen and oxygen atoms in total. The highest BCUT2D eigenvalue weighted by Crippen LogP contribution is 2.12. The van der Waals surface area contributed by atoms with Crippen LogP contribution in [0.15, 0.2) is 27.8 Å². The van der Waals surface area contributed by atoms with Gasteiger partial charge in [0.05, 0.1) is 10.9 Å². The van der Waals surface area contributed by atoms with E-state index in [2.05, 4.69) is 4.98 Å². The van der Waals surface area contributed by atoms with Crippen LogP contribution in [-0.4, -0.2) is 9.55 Å². The normalized spacial score (nSPS) is 12.0. The predicted molar refractivity (Wildman–Crippen MR) is 68.6 cm³/mol. The molecule has 0 spiro atoms. The Bertz CT molecular complexity index is 687. The molecule has 2 aromatic rings. The van der Waals surface area contributed by atoms with Gasteiger partial charge in [-0.1, -0.05) is 11.6 Å². The molecule has 0 unspecified atom stereocenters. The lowest BCUT2D eigenvalue weighted by molar-refractivity contribution is 0.369. The van der Waals surface area contributed by atoms with E-state index in [1.54, 1.807) is 12.1 Å². The fourth-order valence-electron chi connectivity index (χ4n) is 1.94. The summed E-state index contributed by atoms with van der Waals surface area (Å²) < 4.78 is 1.26. The van der Waals surface area contributed by atoms with E-state index in [4.69, 9.17) is 0 Å². The SMILES string of the molecule is Cc1ccc2[nH]c(=O)n(C(C)(C)C)c(=O)c2c1. The summed E-state index contributed by atoms with van der Waals surface area (Å²) in [5, 5.41) is 0.555. The maximum Gasteiger partial charge on any atom is 0.329 e. The van der Waals surface area contributed by atoms with Crippen LogP contribution < -0.4 is 11.2 Å². The summed E-state index contributed by atoms with van der Waals surface area (Å²) in [6, 6.07) is 5.44. The van der Waals surface area contributed by atoms with Gasteiger partial charge in [0.25, 0.3) is 5.56 Å². The Morgan fingerprint density at radius 1 is 1.18 bits per heavy atom. The number of aryl methyl sites for hydroxylation is 1. The maximum absolute atomic E-state index is 12.3. The van der Waals surface area contributed by atoms with Crippen LogP contribution in [0.2, 0.25) is 0 Å². The molecule has 0 amide bonds. The molecule has 1 aromatic carbocycles. The molecule has 1 aromatic heterocycles. The van der Waals surface area contributed by atoms with Crippen molar-refractivity contribution in [3.63, 3.8) is 0 Å². The van der Waals surface area contributed by atoms with Gasteiger partial charge < -0.3 is 4.98 Å². The van der Waals surface area contributed by atoms with Crippen LogP contribution in [0.4, 0.5) is 0 Å². The minimum atomic E-state index is -0.525. The lowest BCUT2D eigenvalue weighted by Crippen LogP contribution is -2.44. The van der Waals surface area contributed by atoms with Crippen molar-refractivity contribution < 1.29 is 0 Å². The van der Waals surface area contributed by atoms with Crippen molar-refractivity contribution in [2.75, 3.05) is 0 Å². The Balaban J connectivity index is 2.99. The molecule has 0 atom stereocenters. The van der Waals surface area contributed by atoms with Crippen molar-refractivity contribution in [2.45, 2.75) is 33.2 Å². The van der Waals surface area contributed by atoms with Crippen molar-refractivity contribution in [3.8, 4) is 0 Å². The molecule has 0 aliphatic heterocycles. The van der Waals surface area contributed by atoms with Crippen LogP contribution in [0.5, 0.6) is 0 Å². The zero-order valence-electron chi connectivity index (χ0n) is 10.5. The minimum absolute atomic E-state index is 0.236. The third kappa shape index (κ3) is 1.90. The van der Waals surface area contributed by atoms with Gasteiger partial charge >= 0.3 is 5.69 Å². The number of rotatable bonds is 0. The Morgan fingerprint density at radius 2 is 1.82 bits per heavy atom. The average molecular weight is 232 g/mol. The third-order valence-corrected chi connectivity index (χ3v) is 2.72. The predicted octanol–water partition coefficient (Wildman–Crippen LogP) is 1.75. The third-order valence-electron chi connectivity index (χ3n) is 2.72. The average Bonchev–Trinajstić information content (AvgIpc) is 2.17. The first kappa shape index (κ1) is 11.6. The van der Waals surface area contributed by atoms with E-state index < -0.39 is 5.54 Å². The quantitative estimate of drug-likeness (QED) is 0.752. The van der Waals surface area contributed by atoms with Gasteiger partial charge in [0.2, 0.25) is 0 Å². The smallest absolute Gasteiger partial charge is 0.307 e. The second-order valence-electron chi connectivity index (χ2n) is 5.29. The molecule has 4 heteroatoms. The molecular weight excluding hydrogens is 216 g/mol. The van der Waals surface area contributed by atoms with Crippen LogP contribution in [0.1, 0.15) is 26.3 Å². The molecule has 17 heavy (non-hydrogen) atoms. The van der Waals surface area contributed by atoms with Crippen LogP contribution >= 0.6 is 0 Å². The Kier molecular flexibility index (Phi) is 2.45. The van der Waals surface area contributed by atoms with Gasteiger partial charge in [0.15, 0.2) is 0 Å². The lowest BCUT2D eigenvalue weighted by Gasteiger charge is -2.21. The molecule has 0 aliphatic rings. The van der Waals surface area contributed by atoms with E-state index in [0.29, 0.717) is 10.9 Å². The molecule has 1 N–H and O–H groups in total. The Labute approximate surface area is 98.9 Å². The van der Waals surface area contributed by atoms with E-state index in [1.165, 1.54) is 4.57 Å². The number of aromatic amines is 1. The summed E-state index contributed by atoms with van der Waals surface area (Å²) in [6.45, 7) is 7.44. The van der Waals surface area contributed by atoms with Crippen LogP contribution in [0.25, 0.3) is 10.9 Å². The van der Waals surface area contributed by atoms with Crippen molar-refractivity contribution >= 4 is 10.9 Å². The molecule has 0 bridgehead atoms. The number of aromatic nitrogens is 2. The van der Waals surface area contributed by atoms with E-state index in [1.807, 2.05) is 33.8 Å². The van der Waals surface area contributed by atoms with Crippen molar-refractivity contribution in [3.05, 3.63) is 44.6 Å². The fourth-order valence-corrected chi connectivity index (χ4v) is 1.94. The highest BCUT2D eigenvalue weighted by atomic mass is 16.2. The summed E-state index contributed by atoms with van der Waals surface area (Å²) >= 11 is 0. The molecule has 1 heterocycles. The van der Waals surface area contributed by atoms with Gasteiger partial charge in [-0.2, -0.15) is 0 Å². The van der Waals surface area contributed by atoms with E-state index in [-0.39, 0.29) is 11.2 Å². The molecule has 0 fully saturated rings. The summed E-state index contributed by atoms with van der Waals surface area (Å²) in [4.78, 5) is 26.9. The van der Waals surface area contributed by atoms with Gasteiger partial charge in [-0.25, -0.2) is 4.79 Å². The molecule has 0 radical (unpaired) electrons. The van der Waals surface area contributed by atoms with Gasteiger partial charge in [-0.15, -0.1) is 0 Å². The molecule has 2 rings (SSSR count). The number of nitrogens with zero attached hydrogens (tertiary/aromatic N) is 1. The number of fused-ring (bicyclic) bond motifs is 1. The highest BCUT2D eigenvalue weighted by Gasteiger charge is 2.19. The number of hydrogen-bond donors (Lipinski definition) is 1. The van der Waals surface area contributed by atoms with Crippen LogP contribution in [0, 0.1) is 6.92 Å². The number of hydrogen-bond acceptors (Lipinski definition) is 2. The van der Waals surface area contributed by atoms with Gasteiger partial charge in [-0.3, -0.25) is 9.36 Å². The van der Waals surface area contributed by atoms with Crippen LogP contribution in [-0.2, 0) is 5.54 Å². The molecule has 90 valence electrons. The number of H-pyrrole nitrogens is 1. The van der Waals surface area contributed by atoms with E-state index >= 15 is 0 Å². The standard InChI is InChI=1S/C13H16N2O2/c1-8-5-6-10-9(7-8)11(16)15(12(17)14-10)13(2,3)4/h5-7H,1-4H3,(H,14,17). The maximum atomic E-state index is 12.3. The topological polar surface area (TPSA) is 54.9 Å². The zero-order chi connectivity index (χ0) is 12.8.